The number of nitrogens with two attached hydrogens (primary N) is 1. The van der Waals surface area contributed by atoms with Gasteiger partial charge < -0.3 is 20.9 Å². The largest absolute Gasteiger partial charge is 0.396 e. The minimum atomic E-state index is 0.150. The van der Waals surface area contributed by atoms with Crippen LogP contribution < -0.4 is 11.1 Å². The highest BCUT2D eigenvalue weighted by Crippen LogP contribution is 2.12. The summed E-state index contributed by atoms with van der Waals surface area (Å²) in [6, 6.07) is 1.86. The SMILES string of the molecule is CCC(CCO)Nc1cc(N)nc(COC)n1. The molecule has 1 aromatic heterocycles. The number of ether oxygens (including phenoxy) is 1. The number of methoxy groups -OCH3 is 1. The molecule has 6 nitrogen and oxygen atoms in total. The van der Waals surface area contributed by atoms with Gasteiger partial charge >= 0.3 is 0 Å². The van der Waals surface area contributed by atoms with Crippen LogP contribution in [-0.2, 0) is 11.3 Å². The van der Waals surface area contributed by atoms with Gasteiger partial charge in [-0.15, -0.1) is 0 Å². The Morgan fingerprint density at radius 1 is 1.53 bits per heavy atom. The van der Waals surface area contributed by atoms with Gasteiger partial charge in [0.05, 0.1) is 0 Å². The molecule has 0 amide bonds. The molecule has 4 N–H and O–H groups in total. The number of nitrogens with zero attached hydrogens (tertiary/aromatic N) is 2. The summed E-state index contributed by atoms with van der Waals surface area (Å²) in [4.78, 5) is 8.34. The van der Waals surface area contributed by atoms with Gasteiger partial charge in [-0.1, -0.05) is 6.92 Å². The molecule has 1 heterocycles. The first-order valence-electron chi connectivity index (χ1n) is 5.69. The molecule has 96 valence electrons. The van der Waals surface area contributed by atoms with Crippen LogP contribution in [0.1, 0.15) is 25.6 Å². The molecule has 0 aromatic carbocycles. The van der Waals surface area contributed by atoms with Crippen molar-refractivity contribution < 1.29 is 9.84 Å². The van der Waals surface area contributed by atoms with Crippen molar-refractivity contribution in [3.05, 3.63) is 11.9 Å². The summed E-state index contributed by atoms with van der Waals surface area (Å²) < 4.78 is 4.97. The van der Waals surface area contributed by atoms with Crippen LogP contribution >= 0.6 is 0 Å². The smallest absolute Gasteiger partial charge is 0.158 e. The van der Waals surface area contributed by atoms with Crippen molar-refractivity contribution in [2.45, 2.75) is 32.4 Å². The number of hydrogen-bond acceptors (Lipinski definition) is 6. The van der Waals surface area contributed by atoms with Gasteiger partial charge in [0.15, 0.2) is 5.82 Å². The van der Waals surface area contributed by atoms with Crippen LogP contribution in [0.15, 0.2) is 6.07 Å². The normalized spacial score (nSPS) is 12.4. The maximum Gasteiger partial charge on any atom is 0.158 e. The standard InChI is InChI=1S/C11H20N4O2/c1-3-8(4-5-16)13-10-6-9(12)14-11(15-10)7-17-2/h6,8,16H,3-5,7H2,1-2H3,(H3,12,13,14,15). The number of nitrogens with one attached hydrogen (secondary N) is 1. The van der Waals surface area contributed by atoms with E-state index in [1.807, 2.05) is 6.92 Å². The molecule has 1 unspecified atom stereocenters. The van der Waals surface area contributed by atoms with Crippen LogP contribution in [0, 0.1) is 0 Å². The van der Waals surface area contributed by atoms with E-state index in [2.05, 4.69) is 15.3 Å². The highest BCUT2D eigenvalue weighted by molar-refractivity contribution is 5.45. The first kappa shape index (κ1) is 13.7. The van der Waals surface area contributed by atoms with Crippen molar-refractivity contribution in [1.29, 1.82) is 0 Å². The Kier molecular flexibility index (Phi) is 5.65. The average molecular weight is 240 g/mol. The zero-order valence-electron chi connectivity index (χ0n) is 10.3. The molecule has 0 aliphatic heterocycles. The van der Waals surface area contributed by atoms with E-state index < -0.39 is 0 Å². The zero-order valence-corrected chi connectivity index (χ0v) is 10.3. The lowest BCUT2D eigenvalue weighted by molar-refractivity contribution is 0.178. The number of aliphatic hydroxyl groups excluding tert-OH is 1. The molecule has 0 spiro atoms. The molecule has 1 aromatic rings. The lowest BCUT2D eigenvalue weighted by atomic mass is 10.1. The molecule has 0 saturated heterocycles. The molecule has 0 saturated carbocycles. The third-order valence-electron chi connectivity index (χ3n) is 2.39. The Hall–Kier alpha value is -1.40. The van der Waals surface area contributed by atoms with E-state index in [0.29, 0.717) is 30.5 Å². The minimum Gasteiger partial charge on any atom is -0.396 e. The number of hydrogen-bond donors (Lipinski definition) is 3. The average Bonchev–Trinajstić information content (AvgIpc) is 2.28. The summed E-state index contributed by atoms with van der Waals surface area (Å²) in [6.07, 6.45) is 1.59. The van der Waals surface area contributed by atoms with Gasteiger partial charge in [0.25, 0.3) is 0 Å². The summed E-state index contributed by atoms with van der Waals surface area (Å²) in [5.74, 6) is 1.63. The minimum absolute atomic E-state index is 0.150. The fourth-order valence-corrected chi connectivity index (χ4v) is 1.53. The fourth-order valence-electron chi connectivity index (χ4n) is 1.53. The molecule has 1 atom stereocenters. The maximum absolute atomic E-state index is 8.92. The molecule has 0 aliphatic rings. The monoisotopic (exact) mass is 240 g/mol. The molecular weight excluding hydrogens is 220 g/mol. The summed E-state index contributed by atoms with van der Waals surface area (Å²) in [5, 5.41) is 12.1. The van der Waals surface area contributed by atoms with Crippen LogP contribution in [0.25, 0.3) is 0 Å². The Morgan fingerprint density at radius 3 is 2.88 bits per heavy atom. The molecule has 0 bridgehead atoms. The number of aromatic nitrogens is 2. The summed E-state index contributed by atoms with van der Waals surface area (Å²) in [6.45, 7) is 2.53. The molecule has 6 heteroatoms. The lowest BCUT2D eigenvalue weighted by Gasteiger charge is -2.16. The van der Waals surface area contributed by atoms with Crippen molar-refractivity contribution in [2.24, 2.45) is 0 Å². The van der Waals surface area contributed by atoms with Crippen molar-refractivity contribution >= 4 is 11.6 Å². The number of rotatable bonds is 7. The van der Waals surface area contributed by atoms with E-state index in [1.54, 1.807) is 13.2 Å². The summed E-state index contributed by atoms with van der Waals surface area (Å²) in [7, 11) is 1.58. The zero-order chi connectivity index (χ0) is 12.7. The molecule has 0 radical (unpaired) electrons. The van der Waals surface area contributed by atoms with Crippen molar-refractivity contribution in [3.8, 4) is 0 Å². The molecular formula is C11H20N4O2. The Morgan fingerprint density at radius 2 is 2.29 bits per heavy atom. The van der Waals surface area contributed by atoms with Crippen molar-refractivity contribution in [1.82, 2.24) is 9.97 Å². The third-order valence-corrected chi connectivity index (χ3v) is 2.39. The van der Waals surface area contributed by atoms with E-state index in [1.165, 1.54) is 0 Å². The maximum atomic E-state index is 8.92. The highest BCUT2D eigenvalue weighted by Gasteiger charge is 2.08. The van der Waals surface area contributed by atoms with Gasteiger partial charge in [-0.3, -0.25) is 0 Å². The second kappa shape index (κ2) is 7.03. The Balaban J connectivity index is 2.75. The second-order valence-corrected chi connectivity index (χ2v) is 3.79. The Labute approximate surface area is 101 Å². The van der Waals surface area contributed by atoms with Gasteiger partial charge in [0, 0.05) is 25.8 Å². The van der Waals surface area contributed by atoms with Crippen LogP contribution in [-0.4, -0.2) is 34.8 Å². The van der Waals surface area contributed by atoms with Crippen LogP contribution in [0.2, 0.25) is 0 Å². The van der Waals surface area contributed by atoms with Gasteiger partial charge in [0.2, 0.25) is 0 Å². The predicted octanol–water partition coefficient (Wildman–Crippen LogP) is 0.778. The quantitative estimate of drug-likeness (QED) is 0.652. The van der Waals surface area contributed by atoms with Crippen LogP contribution in [0.3, 0.4) is 0 Å². The molecule has 1 rings (SSSR count). The van der Waals surface area contributed by atoms with Gasteiger partial charge in [-0.2, -0.15) is 0 Å². The predicted molar refractivity (Wildman–Crippen MR) is 66.6 cm³/mol. The van der Waals surface area contributed by atoms with E-state index in [4.69, 9.17) is 15.6 Å². The van der Waals surface area contributed by atoms with Crippen LogP contribution in [0.4, 0.5) is 11.6 Å². The highest BCUT2D eigenvalue weighted by atomic mass is 16.5. The van der Waals surface area contributed by atoms with Crippen LogP contribution in [0.5, 0.6) is 0 Å². The van der Waals surface area contributed by atoms with Gasteiger partial charge in [-0.05, 0) is 12.8 Å². The molecule has 0 aliphatic carbocycles. The van der Waals surface area contributed by atoms with E-state index >= 15 is 0 Å². The molecule has 0 fully saturated rings. The number of anilines is 2. The summed E-state index contributed by atoms with van der Waals surface area (Å²) >= 11 is 0. The first-order chi connectivity index (χ1) is 8.19. The lowest BCUT2D eigenvalue weighted by Crippen LogP contribution is -2.21. The number of nitrogen functional groups attached to an aromatic ring is 1. The third kappa shape index (κ3) is 4.54. The first-order valence-corrected chi connectivity index (χ1v) is 5.69. The summed E-state index contributed by atoms with van der Waals surface area (Å²) in [5.41, 5.74) is 5.68. The van der Waals surface area contributed by atoms with E-state index in [-0.39, 0.29) is 12.6 Å². The van der Waals surface area contributed by atoms with E-state index in [0.717, 1.165) is 6.42 Å². The van der Waals surface area contributed by atoms with Crippen molar-refractivity contribution in [2.75, 3.05) is 24.8 Å². The topological polar surface area (TPSA) is 93.3 Å². The van der Waals surface area contributed by atoms with E-state index in [9.17, 15) is 0 Å². The number of aliphatic hydroxyl groups is 1. The fraction of sp³-hybridized carbons (Fsp3) is 0.636. The van der Waals surface area contributed by atoms with Gasteiger partial charge in [0.1, 0.15) is 18.2 Å². The van der Waals surface area contributed by atoms with Gasteiger partial charge in [-0.25, -0.2) is 9.97 Å². The Bertz CT molecular complexity index is 346. The molecule has 17 heavy (non-hydrogen) atoms. The van der Waals surface area contributed by atoms with Crippen molar-refractivity contribution in [3.63, 3.8) is 0 Å². The second-order valence-electron chi connectivity index (χ2n) is 3.79.